The van der Waals surface area contributed by atoms with Gasteiger partial charge in [0.05, 0.1) is 6.20 Å². The number of rotatable bonds is 4. The Morgan fingerprint density at radius 1 is 1.60 bits per heavy atom. The van der Waals surface area contributed by atoms with Crippen LogP contribution >= 0.6 is 11.6 Å². The maximum Gasteiger partial charge on any atom is 0.148 e. The standard InChI is InChI=1S/C10H15ClN4/c11-9-6-13-7-15-10(9)14-4-2-8-1-3-12-5-8/h6-8,12H,1-5H2,(H,13,14,15). The van der Waals surface area contributed by atoms with Crippen LogP contribution in [-0.2, 0) is 0 Å². The maximum absolute atomic E-state index is 5.92. The molecule has 1 fully saturated rings. The summed E-state index contributed by atoms with van der Waals surface area (Å²) in [5.74, 6) is 1.52. The molecule has 0 radical (unpaired) electrons. The molecule has 1 aromatic rings. The van der Waals surface area contributed by atoms with Crippen molar-refractivity contribution in [1.29, 1.82) is 0 Å². The van der Waals surface area contributed by atoms with Crippen molar-refractivity contribution in [3.8, 4) is 0 Å². The van der Waals surface area contributed by atoms with E-state index in [9.17, 15) is 0 Å². The number of nitrogens with one attached hydrogen (secondary N) is 2. The molecule has 1 unspecified atom stereocenters. The van der Waals surface area contributed by atoms with Gasteiger partial charge >= 0.3 is 0 Å². The number of aromatic nitrogens is 2. The van der Waals surface area contributed by atoms with Crippen LogP contribution in [0.3, 0.4) is 0 Å². The normalized spacial score (nSPS) is 20.5. The minimum atomic E-state index is 0.585. The van der Waals surface area contributed by atoms with Gasteiger partial charge in [-0.3, -0.25) is 0 Å². The van der Waals surface area contributed by atoms with Gasteiger partial charge in [-0.25, -0.2) is 9.97 Å². The maximum atomic E-state index is 5.92. The minimum absolute atomic E-state index is 0.585. The predicted molar refractivity (Wildman–Crippen MR) is 61.1 cm³/mol. The van der Waals surface area contributed by atoms with Crippen LogP contribution in [-0.4, -0.2) is 29.6 Å². The SMILES string of the molecule is Clc1cncnc1NCCC1CCNC1. The van der Waals surface area contributed by atoms with Crippen LogP contribution in [0, 0.1) is 5.92 Å². The molecule has 0 bridgehead atoms. The number of anilines is 1. The van der Waals surface area contributed by atoms with Crippen molar-refractivity contribution < 1.29 is 0 Å². The van der Waals surface area contributed by atoms with Crippen molar-refractivity contribution >= 4 is 17.4 Å². The van der Waals surface area contributed by atoms with E-state index in [1.54, 1.807) is 6.20 Å². The lowest BCUT2D eigenvalue weighted by Crippen LogP contribution is -2.13. The predicted octanol–water partition coefficient (Wildman–Crippen LogP) is 1.54. The Morgan fingerprint density at radius 2 is 2.53 bits per heavy atom. The Hall–Kier alpha value is -0.870. The van der Waals surface area contributed by atoms with E-state index in [1.165, 1.54) is 12.7 Å². The van der Waals surface area contributed by atoms with Gasteiger partial charge in [-0.15, -0.1) is 0 Å². The highest BCUT2D eigenvalue weighted by molar-refractivity contribution is 6.32. The first-order valence-electron chi connectivity index (χ1n) is 5.26. The second-order valence-corrected chi connectivity index (χ2v) is 4.20. The van der Waals surface area contributed by atoms with Gasteiger partial charge in [0, 0.05) is 6.54 Å². The zero-order valence-corrected chi connectivity index (χ0v) is 9.30. The fourth-order valence-corrected chi connectivity index (χ4v) is 1.97. The summed E-state index contributed by atoms with van der Waals surface area (Å²) in [5, 5.41) is 7.17. The van der Waals surface area contributed by atoms with Crippen LogP contribution in [0.4, 0.5) is 5.82 Å². The number of hydrogen-bond acceptors (Lipinski definition) is 4. The fourth-order valence-electron chi connectivity index (χ4n) is 1.80. The van der Waals surface area contributed by atoms with Crippen LogP contribution in [0.25, 0.3) is 0 Å². The molecule has 15 heavy (non-hydrogen) atoms. The highest BCUT2D eigenvalue weighted by Gasteiger charge is 2.13. The van der Waals surface area contributed by atoms with Gasteiger partial charge < -0.3 is 10.6 Å². The molecule has 0 saturated carbocycles. The van der Waals surface area contributed by atoms with Crippen molar-refractivity contribution in [1.82, 2.24) is 15.3 Å². The zero-order chi connectivity index (χ0) is 10.5. The third-order valence-electron chi connectivity index (χ3n) is 2.68. The quantitative estimate of drug-likeness (QED) is 0.818. The first-order valence-corrected chi connectivity index (χ1v) is 5.64. The largest absolute Gasteiger partial charge is 0.369 e. The molecule has 0 aromatic carbocycles. The molecule has 0 aliphatic carbocycles. The van der Waals surface area contributed by atoms with E-state index in [2.05, 4.69) is 20.6 Å². The highest BCUT2D eigenvalue weighted by Crippen LogP contribution is 2.17. The second-order valence-electron chi connectivity index (χ2n) is 3.79. The third-order valence-corrected chi connectivity index (χ3v) is 2.95. The van der Waals surface area contributed by atoms with Gasteiger partial charge in [0.2, 0.25) is 0 Å². The summed E-state index contributed by atoms with van der Waals surface area (Å²) in [4.78, 5) is 7.91. The van der Waals surface area contributed by atoms with Gasteiger partial charge in [0.15, 0.2) is 0 Å². The molecule has 1 atom stereocenters. The molecule has 82 valence electrons. The first kappa shape index (κ1) is 10.6. The topological polar surface area (TPSA) is 49.8 Å². The van der Waals surface area contributed by atoms with Crippen LogP contribution in [0.2, 0.25) is 5.02 Å². The summed E-state index contributed by atoms with van der Waals surface area (Å²) in [5.41, 5.74) is 0. The van der Waals surface area contributed by atoms with Crippen LogP contribution in [0.5, 0.6) is 0 Å². The molecule has 5 heteroatoms. The molecule has 1 saturated heterocycles. The molecular formula is C10H15ClN4. The van der Waals surface area contributed by atoms with Crippen LogP contribution in [0.15, 0.2) is 12.5 Å². The molecule has 2 heterocycles. The number of hydrogen-bond donors (Lipinski definition) is 2. The summed E-state index contributed by atoms with van der Waals surface area (Å²) in [6.45, 7) is 3.21. The average Bonchev–Trinajstić information content (AvgIpc) is 2.74. The number of nitrogens with zero attached hydrogens (tertiary/aromatic N) is 2. The monoisotopic (exact) mass is 226 g/mol. The van der Waals surface area contributed by atoms with E-state index in [0.717, 1.165) is 37.8 Å². The van der Waals surface area contributed by atoms with Crippen LogP contribution in [0.1, 0.15) is 12.8 Å². The minimum Gasteiger partial charge on any atom is -0.369 e. The summed E-state index contributed by atoms with van der Waals surface area (Å²) in [7, 11) is 0. The molecule has 1 aliphatic heterocycles. The van der Waals surface area contributed by atoms with Crippen molar-refractivity contribution in [2.75, 3.05) is 25.0 Å². The van der Waals surface area contributed by atoms with Crippen molar-refractivity contribution in [3.05, 3.63) is 17.5 Å². The van der Waals surface area contributed by atoms with E-state index >= 15 is 0 Å². The Labute approximate surface area is 94.5 Å². The van der Waals surface area contributed by atoms with Gasteiger partial charge in [-0.05, 0) is 31.8 Å². The van der Waals surface area contributed by atoms with E-state index in [0.29, 0.717) is 5.02 Å². The van der Waals surface area contributed by atoms with Crippen LogP contribution < -0.4 is 10.6 Å². The Morgan fingerprint density at radius 3 is 3.27 bits per heavy atom. The first-order chi connectivity index (χ1) is 7.36. The fraction of sp³-hybridized carbons (Fsp3) is 0.600. The van der Waals surface area contributed by atoms with Gasteiger partial charge in [-0.2, -0.15) is 0 Å². The van der Waals surface area contributed by atoms with Gasteiger partial charge in [-0.1, -0.05) is 11.6 Å². The molecule has 1 aromatic heterocycles. The zero-order valence-electron chi connectivity index (χ0n) is 8.54. The van der Waals surface area contributed by atoms with E-state index in [-0.39, 0.29) is 0 Å². The van der Waals surface area contributed by atoms with E-state index in [1.807, 2.05) is 0 Å². The Bertz CT molecular complexity index is 312. The van der Waals surface area contributed by atoms with E-state index in [4.69, 9.17) is 11.6 Å². The average molecular weight is 227 g/mol. The summed E-state index contributed by atoms with van der Waals surface area (Å²) < 4.78 is 0. The van der Waals surface area contributed by atoms with E-state index < -0.39 is 0 Å². The molecular weight excluding hydrogens is 212 g/mol. The summed E-state index contributed by atoms with van der Waals surface area (Å²) in [6.07, 6.45) is 5.55. The smallest absolute Gasteiger partial charge is 0.148 e. The molecule has 4 nitrogen and oxygen atoms in total. The molecule has 2 rings (SSSR count). The Balaban J connectivity index is 1.75. The lowest BCUT2D eigenvalue weighted by molar-refractivity contribution is 0.549. The second kappa shape index (κ2) is 5.28. The lowest BCUT2D eigenvalue weighted by atomic mass is 10.1. The molecule has 0 amide bonds. The molecule has 1 aliphatic rings. The van der Waals surface area contributed by atoms with Gasteiger partial charge in [0.25, 0.3) is 0 Å². The van der Waals surface area contributed by atoms with Crippen molar-refractivity contribution in [3.63, 3.8) is 0 Å². The lowest BCUT2D eigenvalue weighted by Gasteiger charge is -2.10. The summed E-state index contributed by atoms with van der Waals surface area (Å²) in [6, 6.07) is 0. The van der Waals surface area contributed by atoms with Gasteiger partial charge in [0.1, 0.15) is 17.2 Å². The Kier molecular flexibility index (Phi) is 3.75. The van der Waals surface area contributed by atoms with Crippen molar-refractivity contribution in [2.45, 2.75) is 12.8 Å². The molecule has 0 spiro atoms. The van der Waals surface area contributed by atoms with Crippen molar-refractivity contribution in [2.24, 2.45) is 5.92 Å². The number of halogens is 1. The molecule has 2 N–H and O–H groups in total. The highest BCUT2D eigenvalue weighted by atomic mass is 35.5. The summed E-state index contributed by atoms with van der Waals surface area (Å²) >= 11 is 5.92. The third kappa shape index (κ3) is 3.04.